The Kier molecular flexibility index (Phi) is 3.66. The zero-order valence-corrected chi connectivity index (χ0v) is 12.8. The summed E-state index contributed by atoms with van der Waals surface area (Å²) in [5.74, 6) is -0.286. The second kappa shape index (κ2) is 4.87. The van der Waals surface area contributed by atoms with Gasteiger partial charge in [-0.3, -0.25) is 0 Å². The molecule has 0 aromatic heterocycles. The van der Waals surface area contributed by atoms with Gasteiger partial charge in [0.2, 0.25) is 0 Å². The molecule has 1 saturated heterocycles. The lowest BCUT2D eigenvalue weighted by molar-refractivity contribution is 0.0787. The third-order valence-electron chi connectivity index (χ3n) is 4.26. The van der Waals surface area contributed by atoms with E-state index in [9.17, 15) is 18.8 Å². The maximum atomic E-state index is 11.7. The summed E-state index contributed by atoms with van der Waals surface area (Å²) in [6.45, 7) is 5.80. The van der Waals surface area contributed by atoms with E-state index in [0.29, 0.717) is 5.56 Å². The normalized spacial score (nSPS) is 26.1. The summed E-state index contributed by atoms with van der Waals surface area (Å²) in [5.41, 5.74) is 2.47. The first-order valence-electron chi connectivity index (χ1n) is 6.58. The highest BCUT2D eigenvalue weighted by Crippen LogP contribution is 2.44. The second-order valence-electron chi connectivity index (χ2n) is 5.81. The molecule has 1 heterocycles. The molecular weight excluding hydrogens is 274 g/mol. The number of sulfone groups is 1. The zero-order chi connectivity index (χ0) is 15.1. The first-order chi connectivity index (χ1) is 9.21. The molecule has 1 aliphatic rings. The van der Waals surface area contributed by atoms with E-state index in [4.69, 9.17) is 0 Å². The SMILES string of the molecule is Cc1cc(C)c(C(O)C2(C#N)CCS(=O)(=O)C2)cc1C. The van der Waals surface area contributed by atoms with Crippen LogP contribution in [0.4, 0.5) is 0 Å². The van der Waals surface area contributed by atoms with E-state index in [0.717, 1.165) is 16.7 Å². The highest BCUT2D eigenvalue weighted by Gasteiger charge is 2.48. The van der Waals surface area contributed by atoms with Gasteiger partial charge in [0.15, 0.2) is 9.84 Å². The minimum absolute atomic E-state index is 0.0263. The number of hydrogen-bond donors (Lipinski definition) is 1. The van der Waals surface area contributed by atoms with Gasteiger partial charge in [0.05, 0.1) is 23.7 Å². The van der Waals surface area contributed by atoms with Crippen LogP contribution in [0.3, 0.4) is 0 Å². The molecular formula is C15H19NO3S. The van der Waals surface area contributed by atoms with Crippen LogP contribution in [0.5, 0.6) is 0 Å². The Morgan fingerprint density at radius 1 is 1.25 bits per heavy atom. The molecule has 1 N–H and O–H groups in total. The van der Waals surface area contributed by atoms with Gasteiger partial charge in [-0.2, -0.15) is 5.26 Å². The van der Waals surface area contributed by atoms with Gasteiger partial charge in [-0.05, 0) is 49.4 Å². The Balaban J connectivity index is 2.48. The summed E-state index contributed by atoms with van der Waals surface area (Å²) in [5, 5.41) is 20.0. The van der Waals surface area contributed by atoms with Crippen molar-refractivity contribution in [1.29, 1.82) is 5.26 Å². The number of aryl methyl sites for hydroxylation is 3. The Hall–Kier alpha value is -1.38. The van der Waals surface area contributed by atoms with Crippen molar-refractivity contribution < 1.29 is 13.5 Å². The second-order valence-corrected chi connectivity index (χ2v) is 7.99. The van der Waals surface area contributed by atoms with E-state index in [-0.39, 0.29) is 17.9 Å². The lowest BCUT2D eigenvalue weighted by atomic mass is 9.78. The monoisotopic (exact) mass is 293 g/mol. The van der Waals surface area contributed by atoms with E-state index in [1.165, 1.54) is 0 Å². The average Bonchev–Trinajstić information content (AvgIpc) is 2.70. The average molecular weight is 293 g/mol. The van der Waals surface area contributed by atoms with Crippen molar-refractivity contribution in [3.63, 3.8) is 0 Å². The molecule has 1 aromatic rings. The van der Waals surface area contributed by atoms with Crippen molar-refractivity contribution in [1.82, 2.24) is 0 Å². The van der Waals surface area contributed by atoms with Crippen LogP contribution in [0.15, 0.2) is 12.1 Å². The van der Waals surface area contributed by atoms with Crippen LogP contribution < -0.4 is 0 Å². The van der Waals surface area contributed by atoms with Crippen LogP contribution in [0.25, 0.3) is 0 Å². The van der Waals surface area contributed by atoms with Gasteiger partial charge in [0.25, 0.3) is 0 Å². The standard InChI is InChI=1S/C15H19NO3S/c1-10-6-12(3)13(7-11(10)2)14(17)15(8-16)4-5-20(18,19)9-15/h6-7,14,17H,4-5,9H2,1-3H3. The smallest absolute Gasteiger partial charge is 0.152 e. The predicted octanol–water partition coefficient (Wildman–Crippen LogP) is 1.97. The van der Waals surface area contributed by atoms with Crippen LogP contribution in [-0.2, 0) is 9.84 Å². The highest BCUT2D eigenvalue weighted by molar-refractivity contribution is 7.91. The molecule has 4 nitrogen and oxygen atoms in total. The molecule has 0 radical (unpaired) electrons. The van der Waals surface area contributed by atoms with Crippen molar-refractivity contribution in [3.05, 3.63) is 34.4 Å². The first kappa shape index (κ1) is 15.0. The molecule has 1 aliphatic heterocycles. The summed E-state index contributed by atoms with van der Waals surface area (Å²) in [4.78, 5) is 0. The molecule has 2 atom stereocenters. The Morgan fingerprint density at radius 3 is 2.35 bits per heavy atom. The lowest BCUT2D eigenvalue weighted by Gasteiger charge is -2.27. The molecule has 0 saturated carbocycles. The summed E-state index contributed by atoms with van der Waals surface area (Å²) >= 11 is 0. The topological polar surface area (TPSA) is 78.2 Å². The maximum Gasteiger partial charge on any atom is 0.152 e. The van der Waals surface area contributed by atoms with Gasteiger partial charge in [-0.15, -0.1) is 0 Å². The van der Waals surface area contributed by atoms with E-state index >= 15 is 0 Å². The van der Waals surface area contributed by atoms with E-state index in [1.54, 1.807) is 0 Å². The number of benzene rings is 1. The van der Waals surface area contributed by atoms with Crippen molar-refractivity contribution in [3.8, 4) is 6.07 Å². The van der Waals surface area contributed by atoms with Gasteiger partial charge in [0.1, 0.15) is 5.41 Å². The summed E-state index contributed by atoms with van der Waals surface area (Å²) in [7, 11) is -3.23. The maximum absolute atomic E-state index is 11.7. The fourth-order valence-corrected chi connectivity index (χ4v) is 4.79. The zero-order valence-electron chi connectivity index (χ0n) is 12.0. The highest BCUT2D eigenvalue weighted by atomic mass is 32.2. The molecule has 0 amide bonds. The van der Waals surface area contributed by atoms with Crippen LogP contribution >= 0.6 is 0 Å². The number of nitriles is 1. The van der Waals surface area contributed by atoms with Crippen molar-refractivity contribution in [2.24, 2.45) is 5.41 Å². The lowest BCUT2D eigenvalue weighted by Crippen LogP contribution is -2.29. The predicted molar refractivity (Wildman–Crippen MR) is 76.9 cm³/mol. The Bertz CT molecular complexity index is 688. The molecule has 1 fully saturated rings. The minimum atomic E-state index is -3.23. The number of aliphatic hydroxyl groups excluding tert-OH is 1. The summed E-state index contributed by atoms with van der Waals surface area (Å²) < 4.78 is 23.4. The van der Waals surface area contributed by atoms with E-state index in [1.807, 2.05) is 32.9 Å². The molecule has 5 heteroatoms. The number of nitrogens with zero attached hydrogens (tertiary/aromatic N) is 1. The molecule has 1 aromatic carbocycles. The van der Waals surface area contributed by atoms with E-state index in [2.05, 4.69) is 6.07 Å². The largest absolute Gasteiger partial charge is 0.387 e. The Morgan fingerprint density at radius 2 is 1.85 bits per heavy atom. The molecule has 2 rings (SSSR count). The van der Waals surface area contributed by atoms with Crippen LogP contribution in [-0.4, -0.2) is 25.0 Å². The molecule has 2 unspecified atom stereocenters. The number of rotatable bonds is 2. The fraction of sp³-hybridized carbons (Fsp3) is 0.533. The number of aliphatic hydroxyl groups is 1. The van der Waals surface area contributed by atoms with Crippen LogP contribution in [0, 0.1) is 37.5 Å². The van der Waals surface area contributed by atoms with Crippen molar-refractivity contribution in [2.45, 2.75) is 33.3 Å². The molecule has 108 valence electrons. The van der Waals surface area contributed by atoms with Gasteiger partial charge < -0.3 is 5.11 Å². The van der Waals surface area contributed by atoms with Crippen molar-refractivity contribution >= 4 is 9.84 Å². The van der Waals surface area contributed by atoms with Gasteiger partial charge in [-0.25, -0.2) is 8.42 Å². The molecule has 0 aliphatic carbocycles. The fourth-order valence-electron chi connectivity index (χ4n) is 2.81. The Labute approximate surface area is 120 Å². The van der Waals surface area contributed by atoms with Gasteiger partial charge in [-0.1, -0.05) is 12.1 Å². The van der Waals surface area contributed by atoms with Crippen LogP contribution in [0.1, 0.15) is 34.8 Å². The first-order valence-corrected chi connectivity index (χ1v) is 8.40. The molecule has 20 heavy (non-hydrogen) atoms. The van der Waals surface area contributed by atoms with Crippen molar-refractivity contribution in [2.75, 3.05) is 11.5 Å². The van der Waals surface area contributed by atoms with E-state index < -0.39 is 21.4 Å². The molecule has 0 spiro atoms. The summed E-state index contributed by atoms with van der Waals surface area (Å²) in [6.07, 6.45) is -0.872. The quantitative estimate of drug-likeness (QED) is 0.904. The third kappa shape index (κ3) is 2.46. The summed E-state index contributed by atoms with van der Waals surface area (Å²) in [6, 6.07) is 5.88. The minimum Gasteiger partial charge on any atom is -0.387 e. The van der Waals surface area contributed by atoms with Crippen LogP contribution in [0.2, 0.25) is 0 Å². The van der Waals surface area contributed by atoms with Gasteiger partial charge >= 0.3 is 0 Å². The number of hydrogen-bond acceptors (Lipinski definition) is 4. The molecule has 0 bridgehead atoms. The third-order valence-corrected chi connectivity index (χ3v) is 6.04. The van der Waals surface area contributed by atoms with Gasteiger partial charge in [0, 0.05) is 0 Å².